The molecule has 0 spiro atoms. The molecule has 4 atom stereocenters. The molecule has 1 aliphatic carbocycles. The zero-order valence-electron chi connectivity index (χ0n) is 28.9. The molecule has 4 unspecified atom stereocenters. The minimum absolute atomic E-state index is 0.457. The lowest BCUT2D eigenvalue weighted by Crippen LogP contribution is -2.35. The lowest BCUT2D eigenvalue weighted by molar-refractivity contribution is 0.0581. The van der Waals surface area contributed by atoms with E-state index in [1.165, 1.54) is 154 Å². The van der Waals surface area contributed by atoms with Gasteiger partial charge >= 0.3 is 10.9 Å². The molecule has 1 aliphatic rings. The van der Waals surface area contributed by atoms with Crippen molar-refractivity contribution in [2.45, 2.75) is 194 Å². The maximum absolute atomic E-state index is 10.7. The highest BCUT2D eigenvalue weighted by Crippen LogP contribution is 2.47. The molecule has 0 aromatic carbocycles. The predicted octanol–water partition coefficient (Wildman–Crippen LogP) is 14.2. The largest absolute Gasteiger partial charge is 0.454 e. The number of halogens is 2. The number of ether oxygens (including phenoxy) is 2. The molecule has 1 rings (SSSR count). The summed E-state index contributed by atoms with van der Waals surface area (Å²) in [7, 11) is 0. The zero-order valence-corrected chi connectivity index (χ0v) is 30.4. The fourth-order valence-corrected chi connectivity index (χ4v) is 8.03. The normalized spacial score (nSPS) is 20.1. The van der Waals surface area contributed by atoms with Gasteiger partial charge < -0.3 is 9.47 Å². The van der Waals surface area contributed by atoms with Crippen LogP contribution in [0.3, 0.4) is 0 Å². The Labute approximate surface area is 282 Å². The van der Waals surface area contributed by atoms with E-state index >= 15 is 0 Å². The molecule has 1 fully saturated rings. The molecule has 0 radical (unpaired) electrons. The van der Waals surface area contributed by atoms with Crippen LogP contribution in [0.25, 0.3) is 0 Å². The van der Waals surface area contributed by atoms with Gasteiger partial charge in [-0.25, -0.2) is 9.59 Å². The number of rotatable bonds is 30. The first-order chi connectivity index (χ1) is 21.5. The second kappa shape index (κ2) is 29.9. The zero-order chi connectivity index (χ0) is 32.1. The van der Waals surface area contributed by atoms with Gasteiger partial charge in [-0.2, -0.15) is 0 Å². The van der Waals surface area contributed by atoms with Crippen LogP contribution in [0.4, 0.5) is 9.59 Å². The van der Waals surface area contributed by atoms with Gasteiger partial charge in [0.1, 0.15) is 0 Å². The molecule has 0 saturated heterocycles. The Morgan fingerprint density at radius 1 is 0.455 bits per heavy atom. The SMILES string of the molecule is CCCCCCCC1C(CCCCC)CCC(CCCCCCCCCOC(=O)Cl)C1CCCCCCCCCOC(=O)Cl. The molecule has 0 amide bonds. The first-order valence-electron chi connectivity index (χ1n) is 19.1. The van der Waals surface area contributed by atoms with Gasteiger partial charge in [-0.1, -0.05) is 155 Å². The average Bonchev–Trinajstić information content (AvgIpc) is 3.00. The smallest absolute Gasteiger partial charge is 0.403 e. The molecule has 0 aliphatic heterocycles. The number of hydrogen-bond donors (Lipinski definition) is 0. The molecular formula is C38H70Cl2O4. The van der Waals surface area contributed by atoms with Crippen molar-refractivity contribution in [1.29, 1.82) is 0 Å². The van der Waals surface area contributed by atoms with Crippen molar-refractivity contribution in [1.82, 2.24) is 0 Å². The first-order valence-corrected chi connectivity index (χ1v) is 19.9. The molecule has 44 heavy (non-hydrogen) atoms. The van der Waals surface area contributed by atoms with Gasteiger partial charge in [0.15, 0.2) is 0 Å². The number of unbranched alkanes of at least 4 members (excludes halogenated alkanes) is 18. The van der Waals surface area contributed by atoms with Gasteiger partial charge in [0, 0.05) is 23.2 Å². The van der Waals surface area contributed by atoms with Crippen molar-refractivity contribution in [3.05, 3.63) is 0 Å². The van der Waals surface area contributed by atoms with Crippen molar-refractivity contribution in [2.75, 3.05) is 13.2 Å². The second-order valence-corrected chi connectivity index (χ2v) is 14.4. The molecule has 0 aromatic heterocycles. The summed E-state index contributed by atoms with van der Waals surface area (Å²) in [6.07, 6.45) is 37.3. The van der Waals surface area contributed by atoms with Crippen LogP contribution in [-0.4, -0.2) is 24.1 Å². The first kappa shape index (κ1) is 41.5. The molecule has 0 heterocycles. The maximum Gasteiger partial charge on any atom is 0.403 e. The number of carbonyl (C=O) groups is 2. The van der Waals surface area contributed by atoms with Gasteiger partial charge in [0.2, 0.25) is 0 Å². The Hall–Kier alpha value is -0.480. The summed E-state index contributed by atoms with van der Waals surface area (Å²) in [5.74, 6) is 3.80. The van der Waals surface area contributed by atoms with Crippen LogP contribution >= 0.6 is 23.2 Å². The summed E-state index contributed by atoms with van der Waals surface area (Å²) in [6.45, 7) is 5.58. The molecule has 260 valence electrons. The van der Waals surface area contributed by atoms with Crippen molar-refractivity contribution < 1.29 is 19.1 Å². The Kier molecular flexibility index (Phi) is 28.2. The van der Waals surface area contributed by atoms with Gasteiger partial charge in [-0.05, 0) is 62.2 Å². The molecule has 0 N–H and O–H groups in total. The average molecular weight is 662 g/mol. The van der Waals surface area contributed by atoms with E-state index in [0.29, 0.717) is 13.2 Å². The summed E-state index contributed by atoms with van der Waals surface area (Å²) in [4.78, 5) is 21.4. The predicted molar refractivity (Wildman–Crippen MR) is 189 cm³/mol. The van der Waals surface area contributed by atoms with Crippen molar-refractivity contribution >= 4 is 34.1 Å². The van der Waals surface area contributed by atoms with E-state index in [2.05, 4.69) is 13.8 Å². The van der Waals surface area contributed by atoms with Gasteiger partial charge in [-0.3, -0.25) is 0 Å². The summed E-state index contributed by atoms with van der Waals surface area (Å²) >= 11 is 10.5. The van der Waals surface area contributed by atoms with Gasteiger partial charge in [-0.15, -0.1) is 0 Å². The highest BCUT2D eigenvalue weighted by atomic mass is 35.5. The van der Waals surface area contributed by atoms with Gasteiger partial charge in [0.25, 0.3) is 0 Å². The summed E-state index contributed by atoms with van der Waals surface area (Å²) in [5, 5.41) is 0. The number of hydrogen-bond acceptors (Lipinski definition) is 4. The minimum Gasteiger partial charge on any atom is -0.454 e. The van der Waals surface area contributed by atoms with E-state index in [-0.39, 0.29) is 0 Å². The fraction of sp³-hybridized carbons (Fsp3) is 0.947. The Balaban J connectivity index is 2.57. The lowest BCUT2D eigenvalue weighted by Gasteiger charge is -2.44. The van der Waals surface area contributed by atoms with E-state index in [1.807, 2.05) is 0 Å². The van der Waals surface area contributed by atoms with Crippen molar-refractivity contribution in [3.8, 4) is 0 Å². The highest BCUT2D eigenvalue weighted by molar-refractivity contribution is 6.61. The molecule has 1 saturated carbocycles. The van der Waals surface area contributed by atoms with Gasteiger partial charge in [0.05, 0.1) is 13.2 Å². The van der Waals surface area contributed by atoms with Crippen LogP contribution in [-0.2, 0) is 9.47 Å². The Morgan fingerprint density at radius 2 is 0.750 bits per heavy atom. The molecule has 0 bridgehead atoms. The van der Waals surface area contributed by atoms with E-state index in [9.17, 15) is 9.59 Å². The monoisotopic (exact) mass is 660 g/mol. The quantitative estimate of drug-likeness (QED) is 0.0568. The lowest BCUT2D eigenvalue weighted by atomic mass is 9.61. The molecular weight excluding hydrogens is 591 g/mol. The third-order valence-corrected chi connectivity index (χ3v) is 10.5. The summed E-state index contributed by atoms with van der Waals surface area (Å²) in [6, 6.07) is 0. The van der Waals surface area contributed by atoms with Crippen LogP contribution < -0.4 is 0 Å². The van der Waals surface area contributed by atoms with Crippen LogP contribution in [0.15, 0.2) is 0 Å². The summed E-state index contributed by atoms with van der Waals surface area (Å²) < 4.78 is 9.67. The van der Waals surface area contributed by atoms with Crippen LogP contribution in [0.5, 0.6) is 0 Å². The maximum atomic E-state index is 10.7. The van der Waals surface area contributed by atoms with E-state index in [1.54, 1.807) is 0 Å². The standard InChI is InChI=1S/C38H70Cl2O4/c1-3-5-7-14-21-27-35-33(25-19-6-4-2)29-30-34(26-20-15-10-8-12-17-23-31-43-37(39)41)36(35)28-22-16-11-9-13-18-24-32-44-38(40)42/h33-36H,3-32H2,1-2H3. The van der Waals surface area contributed by atoms with Crippen molar-refractivity contribution in [3.63, 3.8) is 0 Å². The van der Waals surface area contributed by atoms with Crippen LogP contribution in [0.2, 0.25) is 0 Å². The van der Waals surface area contributed by atoms with E-state index < -0.39 is 10.9 Å². The number of carbonyl (C=O) groups excluding carboxylic acids is 2. The van der Waals surface area contributed by atoms with Crippen LogP contribution in [0.1, 0.15) is 194 Å². The third kappa shape index (κ3) is 22.9. The molecule has 6 heteroatoms. The fourth-order valence-electron chi connectivity index (χ4n) is 7.88. The van der Waals surface area contributed by atoms with Crippen LogP contribution in [0, 0.1) is 23.7 Å². The van der Waals surface area contributed by atoms with E-state index in [4.69, 9.17) is 32.7 Å². The molecule has 0 aromatic rings. The topological polar surface area (TPSA) is 52.6 Å². The highest BCUT2D eigenvalue weighted by Gasteiger charge is 2.37. The van der Waals surface area contributed by atoms with E-state index in [0.717, 1.165) is 49.4 Å². The third-order valence-electron chi connectivity index (χ3n) is 10.3. The molecule has 4 nitrogen and oxygen atoms in total. The Bertz CT molecular complexity index is 673. The second-order valence-electron chi connectivity index (χ2n) is 13.8. The van der Waals surface area contributed by atoms with Crippen molar-refractivity contribution in [2.24, 2.45) is 23.7 Å². The summed E-state index contributed by atoms with van der Waals surface area (Å²) in [5.41, 5.74) is -1.36. The minimum atomic E-state index is -0.682. The Morgan fingerprint density at radius 3 is 1.14 bits per heavy atom.